The van der Waals surface area contributed by atoms with E-state index in [-0.39, 0.29) is 11.4 Å². The molecule has 0 aliphatic carbocycles. The Balaban J connectivity index is 2.86. The van der Waals surface area contributed by atoms with Gasteiger partial charge in [0, 0.05) is 11.8 Å². The summed E-state index contributed by atoms with van der Waals surface area (Å²) in [4.78, 5) is 10.5. The van der Waals surface area contributed by atoms with Crippen LogP contribution in [-0.4, -0.2) is 17.2 Å². The Bertz CT molecular complexity index is 367. The molecule has 2 N–H and O–H groups in total. The number of amides is 1. The number of hydrogen-bond donors (Lipinski definition) is 2. The maximum Gasteiger partial charge on any atom is 0.471 e. The summed E-state index contributed by atoms with van der Waals surface area (Å²) in [6.07, 6.45) is -4.93. The Kier molecular flexibility index (Phi) is 2.88. The van der Waals surface area contributed by atoms with Crippen LogP contribution in [0.2, 0.25) is 0 Å². The Morgan fingerprint density at radius 3 is 2.40 bits per heavy atom. The number of rotatable bonds is 1. The molecule has 0 heterocycles. The van der Waals surface area contributed by atoms with Gasteiger partial charge in [-0.2, -0.15) is 13.2 Å². The fraction of sp³-hybridized carbons (Fsp3) is 0.222. The Labute approximate surface area is 83.5 Å². The second-order valence-electron chi connectivity index (χ2n) is 3.01. The van der Waals surface area contributed by atoms with Crippen molar-refractivity contribution < 1.29 is 23.1 Å². The van der Waals surface area contributed by atoms with E-state index in [9.17, 15) is 18.0 Å². The Hall–Kier alpha value is -1.72. The molecule has 0 radical (unpaired) electrons. The van der Waals surface area contributed by atoms with Crippen molar-refractivity contribution in [1.82, 2.24) is 0 Å². The van der Waals surface area contributed by atoms with E-state index in [1.54, 1.807) is 12.2 Å². The highest BCUT2D eigenvalue weighted by atomic mass is 19.4. The number of aryl methyl sites for hydroxylation is 1. The molecule has 0 aromatic heterocycles. The van der Waals surface area contributed by atoms with E-state index >= 15 is 0 Å². The highest BCUT2D eigenvalue weighted by Gasteiger charge is 2.38. The third-order valence-electron chi connectivity index (χ3n) is 1.58. The van der Waals surface area contributed by atoms with E-state index < -0.39 is 12.1 Å². The summed E-state index contributed by atoms with van der Waals surface area (Å²) in [6.45, 7) is 1.59. The van der Waals surface area contributed by atoms with Gasteiger partial charge in [0.1, 0.15) is 5.75 Å². The van der Waals surface area contributed by atoms with Gasteiger partial charge in [0.25, 0.3) is 0 Å². The van der Waals surface area contributed by atoms with Crippen LogP contribution in [0.15, 0.2) is 18.2 Å². The molecule has 1 amide bonds. The number of nitrogens with one attached hydrogen (secondary N) is 1. The standard InChI is InChI=1S/C9H8F3NO2/c1-5-2-6(4-7(14)3-5)13-8(15)9(10,11)12/h2-4,14H,1H3,(H,13,15). The average Bonchev–Trinajstić information content (AvgIpc) is 1.99. The molecule has 1 aromatic rings. The van der Waals surface area contributed by atoms with Crippen LogP contribution in [0, 0.1) is 6.92 Å². The molecule has 0 saturated carbocycles. The molecule has 6 heteroatoms. The van der Waals surface area contributed by atoms with Crippen molar-refractivity contribution in [2.45, 2.75) is 13.1 Å². The number of alkyl halides is 3. The minimum atomic E-state index is -4.93. The van der Waals surface area contributed by atoms with E-state index in [1.807, 2.05) is 0 Å². The first kappa shape index (κ1) is 11.4. The summed E-state index contributed by atoms with van der Waals surface area (Å²) in [7, 11) is 0. The number of halogens is 3. The number of aromatic hydroxyl groups is 1. The normalized spacial score (nSPS) is 11.2. The molecule has 0 bridgehead atoms. The first-order chi connectivity index (χ1) is 6.79. The van der Waals surface area contributed by atoms with Crippen molar-refractivity contribution in [3.63, 3.8) is 0 Å². The second-order valence-corrected chi connectivity index (χ2v) is 3.01. The lowest BCUT2D eigenvalue weighted by atomic mass is 10.2. The molecule has 0 saturated heterocycles. The summed E-state index contributed by atoms with van der Waals surface area (Å²) in [6, 6.07) is 3.73. The molecule has 1 rings (SSSR count). The zero-order chi connectivity index (χ0) is 11.6. The lowest BCUT2D eigenvalue weighted by Crippen LogP contribution is -2.29. The van der Waals surface area contributed by atoms with Crippen LogP contribution in [-0.2, 0) is 4.79 Å². The molecule has 0 spiro atoms. The van der Waals surface area contributed by atoms with Gasteiger partial charge in [0.2, 0.25) is 0 Å². The molecule has 0 aliphatic rings. The third kappa shape index (κ3) is 3.16. The van der Waals surface area contributed by atoms with E-state index in [2.05, 4.69) is 0 Å². The predicted octanol–water partition coefficient (Wildman–Crippen LogP) is 2.20. The summed E-state index contributed by atoms with van der Waals surface area (Å²) >= 11 is 0. The number of carbonyl (C=O) groups is 1. The molecule has 3 nitrogen and oxygen atoms in total. The minimum absolute atomic E-state index is 0.0881. The van der Waals surface area contributed by atoms with Crippen LogP contribution in [0.25, 0.3) is 0 Å². The molecule has 15 heavy (non-hydrogen) atoms. The lowest BCUT2D eigenvalue weighted by molar-refractivity contribution is -0.167. The Morgan fingerprint density at radius 1 is 1.33 bits per heavy atom. The average molecular weight is 219 g/mol. The first-order valence-electron chi connectivity index (χ1n) is 3.98. The largest absolute Gasteiger partial charge is 0.508 e. The van der Waals surface area contributed by atoms with Gasteiger partial charge in [-0.25, -0.2) is 0 Å². The summed E-state index contributed by atoms with van der Waals surface area (Å²) in [5.41, 5.74) is 0.460. The van der Waals surface area contributed by atoms with Gasteiger partial charge in [0.05, 0.1) is 0 Å². The van der Waals surface area contributed by atoms with Gasteiger partial charge >= 0.3 is 12.1 Å². The minimum Gasteiger partial charge on any atom is -0.508 e. The predicted molar refractivity (Wildman–Crippen MR) is 47.5 cm³/mol. The van der Waals surface area contributed by atoms with Gasteiger partial charge in [0.15, 0.2) is 0 Å². The van der Waals surface area contributed by atoms with Crippen LogP contribution in [0.1, 0.15) is 5.56 Å². The van der Waals surface area contributed by atoms with Gasteiger partial charge < -0.3 is 10.4 Å². The quantitative estimate of drug-likeness (QED) is 0.760. The molecule has 1 aromatic carbocycles. The topological polar surface area (TPSA) is 49.3 Å². The van der Waals surface area contributed by atoms with Gasteiger partial charge in [-0.15, -0.1) is 0 Å². The summed E-state index contributed by atoms with van der Waals surface area (Å²) in [5, 5.41) is 10.7. The highest BCUT2D eigenvalue weighted by Crippen LogP contribution is 2.22. The Morgan fingerprint density at radius 2 is 1.93 bits per heavy atom. The number of anilines is 1. The fourth-order valence-corrected chi connectivity index (χ4v) is 1.04. The lowest BCUT2D eigenvalue weighted by Gasteiger charge is -2.08. The van der Waals surface area contributed by atoms with Crippen molar-refractivity contribution in [2.24, 2.45) is 0 Å². The molecule has 0 fully saturated rings. The SMILES string of the molecule is Cc1cc(O)cc(NC(=O)C(F)(F)F)c1. The van der Waals surface area contributed by atoms with Crippen LogP contribution in [0.4, 0.5) is 18.9 Å². The van der Waals surface area contributed by atoms with Gasteiger partial charge in [-0.3, -0.25) is 4.79 Å². The molecule has 82 valence electrons. The summed E-state index contributed by atoms with van der Waals surface area (Å²) < 4.78 is 35.6. The van der Waals surface area contributed by atoms with E-state index in [4.69, 9.17) is 5.11 Å². The van der Waals surface area contributed by atoms with Crippen molar-refractivity contribution in [1.29, 1.82) is 0 Å². The number of phenols is 1. The molecule has 0 atom stereocenters. The smallest absolute Gasteiger partial charge is 0.471 e. The number of phenolic OH excluding ortho intramolecular Hbond substituents is 1. The summed E-state index contributed by atoms with van der Waals surface area (Å²) in [5.74, 6) is -2.26. The highest BCUT2D eigenvalue weighted by molar-refractivity contribution is 5.95. The number of carbonyl (C=O) groups excluding carboxylic acids is 1. The van der Waals surface area contributed by atoms with Crippen LogP contribution >= 0.6 is 0 Å². The molecule has 0 unspecified atom stereocenters. The maximum atomic E-state index is 11.9. The second kappa shape index (κ2) is 3.80. The van der Waals surface area contributed by atoms with E-state index in [0.717, 1.165) is 6.07 Å². The molecule has 0 aliphatic heterocycles. The van der Waals surface area contributed by atoms with Gasteiger partial charge in [-0.1, -0.05) is 0 Å². The van der Waals surface area contributed by atoms with Crippen LogP contribution < -0.4 is 5.32 Å². The maximum absolute atomic E-state index is 11.9. The van der Waals surface area contributed by atoms with Crippen LogP contribution in [0.3, 0.4) is 0 Å². The van der Waals surface area contributed by atoms with E-state index in [1.165, 1.54) is 12.1 Å². The number of benzene rings is 1. The zero-order valence-corrected chi connectivity index (χ0v) is 7.72. The van der Waals surface area contributed by atoms with Crippen molar-refractivity contribution in [3.05, 3.63) is 23.8 Å². The van der Waals surface area contributed by atoms with Crippen molar-refractivity contribution in [3.8, 4) is 5.75 Å². The fourth-order valence-electron chi connectivity index (χ4n) is 1.04. The van der Waals surface area contributed by atoms with E-state index in [0.29, 0.717) is 5.56 Å². The molecular weight excluding hydrogens is 211 g/mol. The van der Waals surface area contributed by atoms with Gasteiger partial charge in [-0.05, 0) is 24.6 Å². The van der Waals surface area contributed by atoms with Crippen molar-refractivity contribution in [2.75, 3.05) is 5.32 Å². The van der Waals surface area contributed by atoms with Crippen LogP contribution in [0.5, 0.6) is 5.75 Å². The first-order valence-corrected chi connectivity index (χ1v) is 3.98. The van der Waals surface area contributed by atoms with Crippen molar-refractivity contribution >= 4 is 11.6 Å². The monoisotopic (exact) mass is 219 g/mol. The number of hydrogen-bond acceptors (Lipinski definition) is 2. The third-order valence-corrected chi connectivity index (χ3v) is 1.58. The zero-order valence-electron chi connectivity index (χ0n) is 7.72. The molecular formula is C9H8F3NO2.